The lowest BCUT2D eigenvalue weighted by molar-refractivity contribution is -0.126. The van der Waals surface area contributed by atoms with Gasteiger partial charge in [0.05, 0.1) is 6.04 Å². The second kappa shape index (κ2) is 7.41. The van der Waals surface area contributed by atoms with Crippen molar-refractivity contribution in [3.63, 3.8) is 0 Å². The van der Waals surface area contributed by atoms with Crippen LogP contribution in [0.15, 0.2) is 24.3 Å². The molecule has 1 heterocycles. The Kier molecular flexibility index (Phi) is 5.76. The molecule has 1 atom stereocenters. The molecule has 0 aliphatic carbocycles. The summed E-state index contributed by atoms with van der Waals surface area (Å²) in [5.41, 5.74) is 0.561. The van der Waals surface area contributed by atoms with Crippen LogP contribution in [0.2, 0.25) is 0 Å². The lowest BCUT2D eigenvalue weighted by Crippen LogP contribution is -2.51. The first kappa shape index (κ1) is 17.9. The summed E-state index contributed by atoms with van der Waals surface area (Å²) in [6.45, 7) is 6.12. The molecule has 1 amide bonds. The molecule has 2 rings (SSSR count). The van der Waals surface area contributed by atoms with Gasteiger partial charge in [-0.2, -0.15) is 0 Å². The van der Waals surface area contributed by atoms with Crippen molar-refractivity contribution in [2.24, 2.45) is 0 Å². The van der Waals surface area contributed by atoms with Crippen LogP contribution in [0.1, 0.15) is 32.3 Å². The normalized spacial score (nSPS) is 19.3. The third-order valence-corrected chi connectivity index (χ3v) is 4.90. The number of benzene rings is 1. The molecule has 0 bridgehead atoms. The van der Waals surface area contributed by atoms with Crippen molar-refractivity contribution in [1.82, 2.24) is 15.1 Å². The number of hydrogen-bond donors (Lipinski definition) is 1. The Morgan fingerprint density at radius 1 is 1.39 bits per heavy atom. The minimum atomic E-state index is -0.202. The molecule has 128 valence electrons. The van der Waals surface area contributed by atoms with Crippen LogP contribution in [0.4, 0.5) is 4.39 Å². The zero-order chi connectivity index (χ0) is 17.0. The highest BCUT2D eigenvalue weighted by Gasteiger charge is 2.32. The average molecular weight is 321 g/mol. The smallest absolute Gasteiger partial charge is 0.237 e. The van der Waals surface area contributed by atoms with Gasteiger partial charge < -0.3 is 10.2 Å². The minimum absolute atomic E-state index is 0.0498. The van der Waals surface area contributed by atoms with Gasteiger partial charge in [-0.25, -0.2) is 4.39 Å². The highest BCUT2D eigenvalue weighted by atomic mass is 19.1. The summed E-state index contributed by atoms with van der Waals surface area (Å²) in [5.74, 6) is -0.152. The van der Waals surface area contributed by atoms with Crippen molar-refractivity contribution in [3.05, 3.63) is 35.6 Å². The molecular formula is C18H28FN3O. The standard InChI is InChI=1S/C18H28FN3O/c1-18(2,21(3)4)13-20-17(23)16-10-7-11-22(16)12-14-8-5-6-9-15(14)19/h5-6,8-9,16H,7,10-13H2,1-4H3,(H,20,23). The summed E-state index contributed by atoms with van der Waals surface area (Å²) >= 11 is 0. The zero-order valence-electron chi connectivity index (χ0n) is 14.6. The van der Waals surface area contributed by atoms with Gasteiger partial charge in [0.1, 0.15) is 5.82 Å². The highest BCUT2D eigenvalue weighted by molar-refractivity contribution is 5.82. The van der Waals surface area contributed by atoms with E-state index >= 15 is 0 Å². The number of likely N-dealkylation sites (N-methyl/N-ethyl adjacent to an activating group) is 1. The first-order chi connectivity index (χ1) is 10.8. The number of rotatable bonds is 6. The van der Waals surface area contributed by atoms with Gasteiger partial charge in [-0.15, -0.1) is 0 Å². The lowest BCUT2D eigenvalue weighted by atomic mass is 10.0. The van der Waals surface area contributed by atoms with E-state index in [9.17, 15) is 9.18 Å². The first-order valence-electron chi connectivity index (χ1n) is 8.24. The largest absolute Gasteiger partial charge is 0.353 e. The van der Waals surface area contributed by atoms with Crippen molar-refractivity contribution < 1.29 is 9.18 Å². The van der Waals surface area contributed by atoms with Crippen LogP contribution < -0.4 is 5.32 Å². The van der Waals surface area contributed by atoms with E-state index in [1.54, 1.807) is 12.1 Å². The van der Waals surface area contributed by atoms with E-state index < -0.39 is 0 Å². The van der Waals surface area contributed by atoms with Crippen molar-refractivity contribution in [1.29, 1.82) is 0 Å². The molecule has 1 fully saturated rings. The lowest BCUT2D eigenvalue weighted by Gasteiger charge is -2.33. The molecule has 1 aliphatic heterocycles. The van der Waals surface area contributed by atoms with E-state index in [2.05, 4.69) is 29.0 Å². The molecule has 4 nitrogen and oxygen atoms in total. The molecular weight excluding hydrogens is 293 g/mol. The van der Waals surface area contributed by atoms with Crippen molar-refractivity contribution in [3.8, 4) is 0 Å². The van der Waals surface area contributed by atoms with Crippen LogP contribution in [0.25, 0.3) is 0 Å². The third-order valence-electron chi connectivity index (χ3n) is 4.90. The molecule has 0 radical (unpaired) electrons. The zero-order valence-corrected chi connectivity index (χ0v) is 14.6. The van der Waals surface area contributed by atoms with Gasteiger partial charge in [0.15, 0.2) is 0 Å². The van der Waals surface area contributed by atoms with Gasteiger partial charge in [0.2, 0.25) is 5.91 Å². The van der Waals surface area contributed by atoms with Gasteiger partial charge in [0, 0.05) is 24.2 Å². The van der Waals surface area contributed by atoms with E-state index in [0.717, 1.165) is 19.4 Å². The number of carbonyl (C=O) groups is 1. The van der Waals surface area contributed by atoms with E-state index in [1.165, 1.54) is 6.07 Å². The minimum Gasteiger partial charge on any atom is -0.353 e. The number of amides is 1. The molecule has 1 aliphatic rings. The number of likely N-dealkylation sites (tertiary alicyclic amines) is 1. The molecule has 1 N–H and O–H groups in total. The van der Waals surface area contributed by atoms with Crippen molar-refractivity contribution in [2.75, 3.05) is 27.2 Å². The Labute approximate surface area is 138 Å². The van der Waals surface area contributed by atoms with Crippen LogP contribution >= 0.6 is 0 Å². The summed E-state index contributed by atoms with van der Waals surface area (Å²) in [6, 6.07) is 6.63. The van der Waals surface area contributed by atoms with Crippen LogP contribution in [-0.2, 0) is 11.3 Å². The van der Waals surface area contributed by atoms with Gasteiger partial charge in [-0.1, -0.05) is 18.2 Å². The monoisotopic (exact) mass is 321 g/mol. The fourth-order valence-corrected chi connectivity index (χ4v) is 2.74. The number of nitrogens with zero attached hydrogens (tertiary/aromatic N) is 2. The maximum atomic E-state index is 13.8. The van der Waals surface area contributed by atoms with Crippen molar-refractivity contribution in [2.45, 2.75) is 44.8 Å². The van der Waals surface area contributed by atoms with Gasteiger partial charge in [-0.05, 0) is 53.4 Å². The predicted octanol–water partition coefficient (Wildman–Crippen LogP) is 2.25. The highest BCUT2D eigenvalue weighted by Crippen LogP contribution is 2.21. The average Bonchev–Trinajstić information content (AvgIpc) is 2.95. The number of hydrogen-bond acceptors (Lipinski definition) is 3. The fraction of sp³-hybridized carbons (Fsp3) is 0.611. The van der Waals surface area contributed by atoms with E-state index in [0.29, 0.717) is 18.7 Å². The molecule has 1 unspecified atom stereocenters. The second-order valence-corrected chi connectivity index (χ2v) is 7.14. The van der Waals surface area contributed by atoms with Crippen LogP contribution in [0.5, 0.6) is 0 Å². The Bertz CT molecular complexity index is 545. The Morgan fingerprint density at radius 2 is 2.09 bits per heavy atom. The molecule has 0 saturated carbocycles. The number of carbonyl (C=O) groups excluding carboxylic acids is 1. The summed E-state index contributed by atoms with van der Waals surface area (Å²) in [5, 5.41) is 3.06. The summed E-state index contributed by atoms with van der Waals surface area (Å²) in [6.07, 6.45) is 1.81. The van der Waals surface area contributed by atoms with E-state index in [1.807, 2.05) is 20.2 Å². The predicted molar refractivity (Wildman–Crippen MR) is 90.6 cm³/mol. The summed E-state index contributed by atoms with van der Waals surface area (Å²) in [7, 11) is 4.01. The van der Waals surface area contributed by atoms with Gasteiger partial charge in [0.25, 0.3) is 0 Å². The molecule has 1 aromatic rings. The van der Waals surface area contributed by atoms with Gasteiger partial charge in [-0.3, -0.25) is 9.69 Å². The molecule has 0 spiro atoms. The fourth-order valence-electron chi connectivity index (χ4n) is 2.74. The summed E-state index contributed by atoms with van der Waals surface area (Å²) < 4.78 is 13.8. The van der Waals surface area contributed by atoms with E-state index in [4.69, 9.17) is 0 Å². The second-order valence-electron chi connectivity index (χ2n) is 7.14. The Balaban J connectivity index is 1.96. The number of halogens is 1. The van der Waals surface area contributed by atoms with Crippen LogP contribution in [0.3, 0.4) is 0 Å². The maximum Gasteiger partial charge on any atom is 0.237 e. The topological polar surface area (TPSA) is 35.6 Å². The molecule has 23 heavy (non-hydrogen) atoms. The van der Waals surface area contributed by atoms with Crippen molar-refractivity contribution >= 4 is 5.91 Å². The number of nitrogens with one attached hydrogen (secondary N) is 1. The Morgan fingerprint density at radius 3 is 2.74 bits per heavy atom. The SMILES string of the molecule is CN(C)C(C)(C)CNC(=O)C1CCCN1Cc1ccccc1F. The third kappa shape index (κ3) is 4.52. The van der Waals surface area contributed by atoms with Crippen LogP contribution in [-0.4, -0.2) is 54.5 Å². The molecule has 5 heteroatoms. The molecule has 0 aromatic heterocycles. The quantitative estimate of drug-likeness (QED) is 0.873. The maximum absolute atomic E-state index is 13.8. The van der Waals surface area contributed by atoms with Crippen LogP contribution in [0, 0.1) is 5.82 Å². The molecule has 1 aromatic carbocycles. The summed E-state index contributed by atoms with van der Waals surface area (Å²) in [4.78, 5) is 16.7. The Hall–Kier alpha value is -1.46. The van der Waals surface area contributed by atoms with E-state index in [-0.39, 0.29) is 23.3 Å². The van der Waals surface area contributed by atoms with Gasteiger partial charge >= 0.3 is 0 Å². The first-order valence-corrected chi connectivity index (χ1v) is 8.24. The molecule has 1 saturated heterocycles.